The van der Waals surface area contributed by atoms with Crippen molar-refractivity contribution in [3.8, 4) is 0 Å². The average molecular weight is 369 g/mol. The quantitative estimate of drug-likeness (QED) is 0.721. The molecule has 3 rings (SSSR count). The molecule has 0 aliphatic carbocycles. The number of halogens is 1. The largest absolute Gasteiger partial charge is 0.324 e. The van der Waals surface area contributed by atoms with Gasteiger partial charge in [-0.2, -0.15) is 0 Å². The van der Waals surface area contributed by atoms with E-state index in [0.29, 0.717) is 0 Å². The number of fused-ring (bicyclic) bond motifs is 1. The number of thiazole rings is 1. The average Bonchev–Trinajstić information content (AvgIpc) is 2.90. The van der Waals surface area contributed by atoms with Crippen molar-refractivity contribution in [2.24, 2.45) is 5.73 Å². The molecule has 0 spiro atoms. The lowest BCUT2D eigenvalue weighted by Crippen LogP contribution is -2.14. The normalized spacial score (nSPS) is 13.0. The highest BCUT2D eigenvalue weighted by atomic mass is 127. The Morgan fingerprint density at radius 1 is 1.39 bits per heavy atom. The number of nitrogens with zero attached hydrogens (tertiary/aromatic N) is 2. The maximum absolute atomic E-state index is 6.27. The molecule has 1 aromatic carbocycles. The van der Waals surface area contributed by atoms with Gasteiger partial charge >= 0.3 is 0 Å². The van der Waals surface area contributed by atoms with Gasteiger partial charge < -0.3 is 5.73 Å². The van der Waals surface area contributed by atoms with E-state index in [-0.39, 0.29) is 6.04 Å². The second kappa shape index (κ2) is 4.99. The highest BCUT2D eigenvalue weighted by Crippen LogP contribution is 2.22. The van der Waals surface area contributed by atoms with Gasteiger partial charge in [0.25, 0.3) is 0 Å². The van der Waals surface area contributed by atoms with Gasteiger partial charge in [0, 0.05) is 33.8 Å². The van der Waals surface area contributed by atoms with Gasteiger partial charge in [-0.25, -0.2) is 4.98 Å². The van der Waals surface area contributed by atoms with E-state index in [1.165, 1.54) is 9.13 Å². The molecule has 92 valence electrons. The highest BCUT2D eigenvalue weighted by Gasteiger charge is 2.12. The molecule has 0 aliphatic rings. The Balaban J connectivity index is 1.84. The zero-order valence-electron chi connectivity index (χ0n) is 9.58. The lowest BCUT2D eigenvalue weighted by atomic mass is 10.0. The third kappa shape index (κ3) is 2.30. The van der Waals surface area contributed by atoms with E-state index in [9.17, 15) is 0 Å². The van der Waals surface area contributed by atoms with Crippen molar-refractivity contribution in [2.75, 3.05) is 0 Å². The second-order valence-corrected chi connectivity index (χ2v) is 6.19. The van der Waals surface area contributed by atoms with E-state index >= 15 is 0 Å². The van der Waals surface area contributed by atoms with Gasteiger partial charge in [-0.3, -0.25) is 4.40 Å². The standard InChI is InChI=1S/C13H12IN3S/c14-11-4-2-1-3-10(11)12(15)7-9-8-17-5-6-18-13(17)16-9/h1-6,8,12H,7,15H2. The Morgan fingerprint density at radius 2 is 2.22 bits per heavy atom. The van der Waals surface area contributed by atoms with Crippen molar-refractivity contribution >= 4 is 38.9 Å². The fraction of sp³-hybridized carbons (Fsp3) is 0.154. The molecule has 18 heavy (non-hydrogen) atoms. The molecule has 0 fully saturated rings. The first-order valence-corrected chi connectivity index (χ1v) is 7.61. The molecule has 0 radical (unpaired) electrons. The minimum absolute atomic E-state index is 0.00251. The number of imidazole rings is 1. The zero-order valence-corrected chi connectivity index (χ0v) is 12.6. The van der Waals surface area contributed by atoms with Crippen LogP contribution in [0, 0.1) is 3.57 Å². The Hall–Kier alpha value is -0.920. The van der Waals surface area contributed by atoms with Crippen LogP contribution < -0.4 is 5.73 Å². The monoisotopic (exact) mass is 369 g/mol. The SMILES string of the molecule is NC(Cc1cn2ccsc2n1)c1ccccc1I. The van der Waals surface area contributed by atoms with E-state index in [4.69, 9.17) is 5.73 Å². The molecule has 2 aromatic heterocycles. The molecule has 0 saturated carbocycles. The number of rotatable bonds is 3. The van der Waals surface area contributed by atoms with E-state index in [2.05, 4.69) is 45.9 Å². The molecule has 0 amide bonds. The summed E-state index contributed by atoms with van der Waals surface area (Å²) in [7, 11) is 0. The first-order valence-electron chi connectivity index (χ1n) is 5.65. The minimum Gasteiger partial charge on any atom is -0.324 e. The maximum atomic E-state index is 6.27. The number of benzene rings is 1. The molecule has 1 unspecified atom stereocenters. The second-order valence-electron chi connectivity index (χ2n) is 4.16. The van der Waals surface area contributed by atoms with E-state index in [1.807, 2.05) is 28.1 Å². The van der Waals surface area contributed by atoms with Crippen molar-refractivity contribution in [3.63, 3.8) is 0 Å². The van der Waals surface area contributed by atoms with Crippen LogP contribution in [0.25, 0.3) is 4.96 Å². The Kier molecular flexibility index (Phi) is 3.36. The molecule has 1 atom stereocenters. The molecule has 3 aromatic rings. The van der Waals surface area contributed by atoms with Crippen LogP contribution in [0.2, 0.25) is 0 Å². The summed E-state index contributed by atoms with van der Waals surface area (Å²) in [4.78, 5) is 5.59. The van der Waals surface area contributed by atoms with Gasteiger partial charge in [-0.1, -0.05) is 18.2 Å². The molecule has 0 aliphatic heterocycles. The van der Waals surface area contributed by atoms with Gasteiger partial charge in [-0.15, -0.1) is 11.3 Å². The summed E-state index contributed by atoms with van der Waals surface area (Å²) in [5, 5.41) is 2.03. The summed E-state index contributed by atoms with van der Waals surface area (Å²) in [5.41, 5.74) is 8.51. The molecule has 0 bridgehead atoms. The smallest absolute Gasteiger partial charge is 0.193 e. The van der Waals surface area contributed by atoms with Gasteiger partial charge in [0.05, 0.1) is 5.69 Å². The molecule has 2 heterocycles. The third-order valence-corrected chi connectivity index (χ3v) is 4.63. The predicted octanol–water partition coefficient (Wildman–Crippen LogP) is 3.24. The minimum atomic E-state index is 0.00251. The van der Waals surface area contributed by atoms with Crippen LogP contribution in [-0.2, 0) is 6.42 Å². The number of hydrogen-bond donors (Lipinski definition) is 1. The zero-order chi connectivity index (χ0) is 12.5. The van der Waals surface area contributed by atoms with Gasteiger partial charge in [0.15, 0.2) is 4.96 Å². The summed E-state index contributed by atoms with van der Waals surface area (Å²) in [6.45, 7) is 0. The summed E-state index contributed by atoms with van der Waals surface area (Å²) in [6, 6.07) is 8.24. The molecular formula is C13H12IN3S. The van der Waals surface area contributed by atoms with Crippen LogP contribution >= 0.6 is 33.9 Å². The molecular weight excluding hydrogens is 357 g/mol. The summed E-state index contributed by atoms with van der Waals surface area (Å²) in [5.74, 6) is 0. The van der Waals surface area contributed by atoms with Gasteiger partial charge in [0.2, 0.25) is 0 Å². The van der Waals surface area contributed by atoms with Crippen molar-refractivity contribution in [1.82, 2.24) is 9.38 Å². The third-order valence-electron chi connectivity index (χ3n) is 2.88. The summed E-state index contributed by atoms with van der Waals surface area (Å²) in [6.07, 6.45) is 4.85. The fourth-order valence-electron chi connectivity index (χ4n) is 1.99. The maximum Gasteiger partial charge on any atom is 0.193 e. The van der Waals surface area contributed by atoms with Crippen LogP contribution in [0.5, 0.6) is 0 Å². The van der Waals surface area contributed by atoms with Crippen molar-refractivity contribution in [2.45, 2.75) is 12.5 Å². The van der Waals surface area contributed by atoms with Crippen LogP contribution in [0.3, 0.4) is 0 Å². The van der Waals surface area contributed by atoms with Crippen LogP contribution in [0.4, 0.5) is 0 Å². The number of nitrogens with two attached hydrogens (primary N) is 1. The first kappa shape index (κ1) is 12.1. The van der Waals surface area contributed by atoms with Crippen molar-refractivity contribution in [1.29, 1.82) is 0 Å². The van der Waals surface area contributed by atoms with Crippen LogP contribution in [0.1, 0.15) is 17.3 Å². The fourth-order valence-corrected chi connectivity index (χ4v) is 3.49. The van der Waals surface area contributed by atoms with E-state index in [0.717, 1.165) is 17.1 Å². The van der Waals surface area contributed by atoms with Crippen LogP contribution in [-0.4, -0.2) is 9.38 Å². The first-order chi connectivity index (χ1) is 8.74. The van der Waals surface area contributed by atoms with Gasteiger partial charge in [0.1, 0.15) is 0 Å². The molecule has 2 N–H and O–H groups in total. The molecule has 3 nitrogen and oxygen atoms in total. The van der Waals surface area contributed by atoms with E-state index in [1.54, 1.807) is 11.3 Å². The molecule has 0 saturated heterocycles. The summed E-state index contributed by atoms with van der Waals surface area (Å²) >= 11 is 3.97. The van der Waals surface area contributed by atoms with Gasteiger partial charge in [-0.05, 0) is 34.2 Å². The van der Waals surface area contributed by atoms with Crippen molar-refractivity contribution < 1.29 is 0 Å². The number of aromatic nitrogens is 2. The lowest BCUT2D eigenvalue weighted by Gasteiger charge is -2.12. The Labute approximate surface area is 123 Å². The number of hydrogen-bond acceptors (Lipinski definition) is 3. The molecule has 5 heteroatoms. The van der Waals surface area contributed by atoms with Crippen LogP contribution in [0.15, 0.2) is 42.0 Å². The Bertz CT molecular complexity index is 645. The van der Waals surface area contributed by atoms with Crippen molar-refractivity contribution in [3.05, 3.63) is 56.9 Å². The lowest BCUT2D eigenvalue weighted by molar-refractivity contribution is 0.706. The Morgan fingerprint density at radius 3 is 3.00 bits per heavy atom. The topological polar surface area (TPSA) is 43.3 Å². The highest BCUT2D eigenvalue weighted by molar-refractivity contribution is 14.1. The predicted molar refractivity (Wildman–Crippen MR) is 82.9 cm³/mol. The summed E-state index contributed by atoms with van der Waals surface area (Å²) < 4.78 is 3.26. The van der Waals surface area contributed by atoms with E-state index < -0.39 is 0 Å².